The van der Waals surface area contributed by atoms with Gasteiger partial charge in [-0.05, 0) is 23.9 Å². The smallest absolute Gasteiger partial charge is 0.125 e. The fraction of sp³-hybridized carbons (Fsp3) is 0.0500. The van der Waals surface area contributed by atoms with Gasteiger partial charge in [0.05, 0.1) is 10.2 Å². The Hall–Kier alpha value is -2.65. The lowest BCUT2D eigenvalue weighted by Crippen LogP contribution is -1.82. The van der Waals surface area contributed by atoms with Gasteiger partial charge in [0, 0.05) is 17.0 Å². The molecule has 0 fully saturated rings. The van der Waals surface area contributed by atoms with Crippen molar-refractivity contribution in [3.8, 4) is 0 Å². The Bertz CT molecular complexity index is 1030. The van der Waals surface area contributed by atoms with E-state index in [9.17, 15) is 5.11 Å². The Morgan fingerprint density at radius 2 is 1.78 bits per heavy atom. The van der Waals surface area contributed by atoms with Crippen molar-refractivity contribution in [1.29, 1.82) is 0 Å². The summed E-state index contributed by atoms with van der Waals surface area (Å²) in [6.45, 7) is 2.11. The maximum atomic E-state index is 10.3. The molecular formula is C20H15NOS. The average molecular weight is 317 g/mol. The van der Waals surface area contributed by atoms with Gasteiger partial charge in [-0.15, -0.1) is 11.3 Å². The predicted molar refractivity (Wildman–Crippen MR) is 98.8 cm³/mol. The molecule has 0 saturated carbocycles. The summed E-state index contributed by atoms with van der Waals surface area (Å²) in [4.78, 5) is 4.75. The largest absolute Gasteiger partial charge is 0.507 e. The van der Waals surface area contributed by atoms with E-state index in [2.05, 4.69) is 25.1 Å². The van der Waals surface area contributed by atoms with Crippen molar-refractivity contribution in [3.63, 3.8) is 0 Å². The molecule has 0 amide bonds. The molecule has 3 aromatic carbocycles. The number of benzene rings is 3. The normalized spacial score (nSPS) is 12.1. The molecule has 1 heterocycles. The number of thiazole rings is 1. The van der Waals surface area contributed by atoms with Crippen molar-refractivity contribution in [2.75, 3.05) is 0 Å². The van der Waals surface area contributed by atoms with Crippen LogP contribution in [0.4, 0.5) is 0 Å². The third kappa shape index (κ3) is 2.49. The zero-order chi connectivity index (χ0) is 15.8. The minimum absolute atomic E-state index is 0.242. The number of aliphatic hydroxyl groups excluding tert-OH is 1. The predicted octanol–water partition coefficient (Wildman–Crippen LogP) is 5.81. The second kappa shape index (κ2) is 5.52. The lowest BCUT2D eigenvalue weighted by molar-refractivity contribution is 0.515. The van der Waals surface area contributed by atoms with Crippen molar-refractivity contribution in [1.82, 2.24) is 4.98 Å². The Morgan fingerprint density at radius 3 is 2.61 bits per heavy atom. The summed E-state index contributed by atoms with van der Waals surface area (Å²) < 4.78 is 1.18. The van der Waals surface area contributed by atoms with Gasteiger partial charge >= 0.3 is 0 Å². The van der Waals surface area contributed by atoms with Gasteiger partial charge in [-0.2, -0.15) is 0 Å². The van der Waals surface area contributed by atoms with Crippen LogP contribution in [0.5, 0.6) is 0 Å². The topological polar surface area (TPSA) is 33.1 Å². The number of fused-ring (bicyclic) bond motifs is 3. The SMILES string of the molecule is Cc1cc2ccccc2c2nc(C=C(O)c3ccccc3)sc12. The molecule has 0 atom stereocenters. The van der Waals surface area contributed by atoms with E-state index in [1.54, 1.807) is 17.4 Å². The third-order valence-electron chi connectivity index (χ3n) is 3.92. The Kier molecular flexibility index (Phi) is 3.36. The van der Waals surface area contributed by atoms with Crippen molar-refractivity contribution < 1.29 is 5.11 Å². The summed E-state index contributed by atoms with van der Waals surface area (Å²) in [6.07, 6.45) is 1.74. The van der Waals surface area contributed by atoms with E-state index >= 15 is 0 Å². The van der Waals surface area contributed by atoms with Crippen LogP contribution in [-0.4, -0.2) is 10.1 Å². The molecule has 0 aliphatic heterocycles. The van der Waals surface area contributed by atoms with Crippen molar-refractivity contribution in [2.24, 2.45) is 0 Å². The molecular weight excluding hydrogens is 302 g/mol. The van der Waals surface area contributed by atoms with Crippen LogP contribution in [0.3, 0.4) is 0 Å². The Morgan fingerprint density at radius 1 is 1.04 bits per heavy atom. The van der Waals surface area contributed by atoms with Crippen LogP contribution >= 0.6 is 11.3 Å². The summed E-state index contributed by atoms with van der Waals surface area (Å²) >= 11 is 1.61. The van der Waals surface area contributed by atoms with Crippen LogP contribution in [0.25, 0.3) is 32.8 Å². The van der Waals surface area contributed by atoms with Crippen LogP contribution < -0.4 is 0 Å². The third-order valence-corrected chi connectivity index (χ3v) is 5.06. The van der Waals surface area contributed by atoms with E-state index < -0.39 is 0 Å². The van der Waals surface area contributed by atoms with Crippen LogP contribution in [-0.2, 0) is 0 Å². The summed E-state index contributed by atoms with van der Waals surface area (Å²) in [6, 6.07) is 20.0. The maximum absolute atomic E-state index is 10.3. The van der Waals surface area contributed by atoms with E-state index in [4.69, 9.17) is 4.98 Å². The lowest BCUT2D eigenvalue weighted by atomic mass is 10.1. The zero-order valence-corrected chi connectivity index (χ0v) is 13.5. The molecule has 0 unspecified atom stereocenters. The van der Waals surface area contributed by atoms with Gasteiger partial charge in [0.25, 0.3) is 0 Å². The number of aliphatic hydroxyl groups is 1. The summed E-state index contributed by atoms with van der Waals surface area (Å²) in [7, 11) is 0. The fourth-order valence-corrected chi connectivity index (χ4v) is 3.78. The summed E-state index contributed by atoms with van der Waals surface area (Å²) in [5.41, 5.74) is 3.03. The standard InChI is InChI=1S/C20H15NOS/c1-13-11-15-9-5-6-10-16(15)19-20(13)23-18(21-19)12-17(22)14-7-3-2-4-8-14/h2-12,22H,1H3. The van der Waals surface area contributed by atoms with Crippen molar-refractivity contribution >= 4 is 44.2 Å². The molecule has 112 valence electrons. The first-order chi connectivity index (χ1) is 11.2. The van der Waals surface area contributed by atoms with Gasteiger partial charge in [-0.3, -0.25) is 0 Å². The average Bonchev–Trinajstić information content (AvgIpc) is 3.00. The van der Waals surface area contributed by atoms with Crippen molar-refractivity contribution in [3.05, 3.63) is 76.8 Å². The van der Waals surface area contributed by atoms with Gasteiger partial charge in [-0.25, -0.2) is 4.98 Å². The molecule has 0 aliphatic carbocycles. The Labute approximate surface area is 138 Å². The van der Waals surface area contributed by atoms with E-state index in [1.807, 2.05) is 42.5 Å². The molecule has 0 spiro atoms. The first-order valence-corrected chi connectivity index (χ1v) is 8.29. The fourth-order valence-electron chi connectivity index (χ4n) is 2.79. The minimum atomic E-state index is 0.242. The van der Waals surface area contributed by atoms with Gasteiger partial charge in [0.1, 0.15) is 10.8 Å². The highest BCUT2D eigenvalue weighted by Crippen LogP contribution is 2.33. The highest BCUT2D eigenvalue weighted by molar-refractivity contribution is 7.19. The number of hydrogen-bond donors (Lipinski definition) is 1. The van der Waals surface area contributed by atoms with Crippen LogP contribution in [0, 0.1) is 6.92 Å². The quantitative estimate of drug-likeness (QED) is 0.473. The van der Waals surface area contributed by atoms with E-state index in [0.717, 1.165) is 21.5 Å². The van der Waals surface area contributed by atoms with Crippen LogP contribution in [0.2, 0.25) is 0 Å². The second-order valence-electron chi connectivity index (χ2n) is 5.54. The monoisotopic (exact) mass is 317 g/mol. The van der Waals surface area contributed by atoms with E-state index in [0.29, 0.717) is 0 Å². The lowest BCUT2D eigenvalue weighted by Gasteiger charge is -2.00. The molecule has 0 saturated heterocycles. The number of hydrogen-bond acceptors (Lipinski definition) is 3. The summed E-state index contributed by atoms with van der Waals surface area (Å²) in [5, 5.41) is 13.5. The molecule has 2 nitrogen and oxygen atoms in total. The van der Waals surface area contributed by atoms with Gasteiger partial charge < -0.3 is 5.11 Å². The molecule has 23 heavy (non-hydrogen) atoms. The minimum Gasteiger partial charge on any atom is -0.507 e. The van der Waals surface area contributed by atoms with E-state index in [-0.39, 0.29) is 5.76 Å². The Balaban J connectivity index is 1.89. The van der Waals surface area contributed by atoms with Crippen LogP contribution in [0.1, 0.15) is 16.1 Å². The molecule has 0 bridgehead atoms. The van der Waals surface area contributed by atoms with Crippen LogP contribution in [0.15, 0.2) is 60.7 Å². The number of nitrogens with zero attached hydrogens (tertiary/aromatic N) is 1. The summed E-state index contributed by atoms with van der Waals surface area (Å²) in [5.74, 6) is 0.242. The molecule has 0 radical (unpaired) electrons. The second-order valence-corrected chi connectivity index (χ2v) is 6.57. The number of rotatable bonds is 2. The van der Waals surface area contributed by atoms with Gasteiger partial charge in [-0.1, -0.05) is 54.6 Å². The highest BCUT2D eigenvalue weighted by atomic mass is 32.1. The zero-order valence-electron chi connectivity index (χ0n) is 12.7. The molecule has 0 aliphatic rings. The number of aromatic nitrogens is 1. The molecule has 4 rings (SSSR count). The molecule has 1 N–H and O–H groups in total. The van der Waals surface area contributed by atoms with Crippen molar-refractivity contribution in [2.45, 2.75) is 6.92 Å². The maximum Gasteiger partial charge on any atom is 0.125 e. The first kappa shape index (κ1) is 14.0. The first-order valence-electron chi connectivity index (χ1n) is 7.47. The highest BCUT2D eigenvalue weighted by Gasteiger charge is 2.10. The molecule has 1 aromatic heterocycles. The molecule has 4 aromatic rings. The van der Waals surface area contributed by atoms with Gasteiger partial charge in [0.2, 0.25) is 0 Å². The van der Waals surface area contributed by atoms with E-state index in [1.165, 1.54) is 15.6 Å². The number of aryl methyl sites for hydroxylation is 1. The van der Waals surface area contributed by atoms with Gasteiger partial charge in [0.15, 0.2) is 0 Å². The molecule has 3 heteroatoms.